The van der Waals surface area contributed by atoms with Crippen LogP contribution in [0.3, 0.4) is 0 Å². The van der Waals surface area contributed by atoms with Gasteiger partial charge < -0.3 is 9.47 Å². The van der Waals surface area contributed by atoms with Gasteiger partial charge in [-0.15, -0.1) is 0 Å². The number of methoxy groups -OCH3 is 2. The van der Waals surface area contributed by atoms with Gasteiger partial charge in [0.2, 0.25) is 0 Å². The molecule has 0 N–H and O–H groups in total. The second-order valence-electron chi connectivity index (χ2n) is 6.17. The van der Waals surface area contributed by atoms with Gasteiger partial charge in [-0.25, -0.2) is 4.99 Å². The van der Waals surface area contributed by atoms with E-state index in [0.29, 0.717) is 43.7 Å². The van der Waals surface area contributed by atoms with Crippen molar-refractivity contribution in [2.24, 2.45) is 4.99 Å². The molecule has 0 aliphatic carbocycles. The third-order valence-electron chi connectivity index (χ3n) is 4.18. The molecular formula is C21H20Cl2N2O3S. The highest BCUT2D eigenvalue weighted by Crippen LogP contribution is 2.38. The van der Waals surface area contributed by atoms with Gasteiger partial charge in [-0.1, -0.05) is 30.1 Å². The molecule has 1 amide bonds. The molecule has 8 heteroatoms. The lowest BCUT2D eigenvalue weighted by molar-refractivity contribution is -0.122. The van der Waals surface area contributed by atoms with Gasteiger partial charge in [-0.05, 0) is 54.6 Å². The van der Waals surface area contributed by atoms with E-state index < -0.39 is 0 Å². The van der Waals surface area contributed by atoms with E-state index in [1.807, 2.05) is 19.1 Å². The fraction of sp³-hybridized carbons (Fsp3) is 0.238. The number of rotatable bonds is 6. The van der Waals surface area contributed by atoms with Crippen molar-refractivity contribution >= 4 is 57.8 Å². The second-order valence-corrected chi connectivity index (χ2v) is 8.02. The van der Waals surface area contributed by atoms with Crippen molar-refractivity contribution in [3.05, 3.63) is 56.9 Å². The first-order valence-electron chi connectivity index (χ1n) is 8.94. The molecule has 29 heavy (non-hydrogen) atoms. The van der Waals surface area contributed by atoms with E-state index in [9.17, 15) is 4.79 Å². The third-order valence-corrected chi connectivity index (χ3v) is 5.73. The van der Waals surface area contributed by atoms with Crippen molar-refractivity contribution in [3.63, 3.8) is 0 Å². The summed E-state index contributed by atoms with van der Waals surface area (Å²) in [6.45, 7) is 2.60. The van der Waals surface area contributed by atoms with Gasteiger partial charge in [0.1, 0.15) is 11.5 Å². The van der Waals surface area contributed by atoms with E-state index in [1.165, 1.54) is 18.9 Å². The Bertz CT molecular complexity index is 975. The predicted molar refractivity (Wildman–Crippen MR) is 121 cm³/mol. The molecule has 2 aromatic rings. The summed E-state index contributed by atoms with van der Waals surface area (Å²) in [6, 6.07) is 10.6. The summed E-state index contributed by atoms with van der Waals surface area (Å²) in [6.07, 6.45) is 2.58. The predicted octanol–water partition coefficient (Wildman–Crippen LogP) is 6.02. The van der Waals surface area contributed by atoms with E-state index in [0.717, 1.165) is 12.1 Å². The Morgan fingerprint density at radius 3 is 2.41 bits per heavy atom. The average Bonchev–Trinajstić information content (AvgIpc) is 2.99. The molecule has 0 atom stereocenters. The first-order valence-corrected chi connectivity index (χ1v) is 10.5. The minimum absolute atomic E-state index is 0.0986. The Morgan fingerprint density at radius 2 is 1.79 bits per heavy atom. The van der Waals surface area contributed by atoms with Crippen LogP contribution in [-0.4, -0.2) is 36.7 Å². The third kappa shape index (κ3) is 4.89. The molecule has 1 heterocycles. The first kappa shape index (κ1) is 21.6. The van der Waals surface area contributed by atoms with Crippen molar-refractivity contribution in [1.29, 1.82) is 0 Å². The van der Waals surface area contributed by atoms with Crippen LogP contribution in [0.4, 0.5) is 5.69 Å². The minimum atomic E-state index is -0.0986. The zero-order valence-corrected chi connectivity index (χ0v) is 18.6. The van der Waals surface area contributed by atoms with Crippen LogP contribution in [-0.2, 0) is 4.79 Å². The van der Waals surface area contributed by atoms with Gasteiger partial charge >= 0.3 is 0 Å². The monoisotopic (exact) mass is 450 g/mol. The van der Waals surface area contributed by atoms with Crippen LogP contribution in [0.1, 0.15) is 18.9 Å². The zero-order valence-electron chi connectivity index (χ0n) is 16.2. The lowest BCUT2D eigenvalue weighted by atomic mass is 10.1. The Hall–Kier alpha value is -2.15. The summed E-state index contributed by atoms with van der Waals surface area (Å²) in [5.41, 5.74) is 1.43. The number of carbonyl (C=O) groups is 1. The number of halogens is 2. The second kappa shape index (κ2) is 9.57. The van der Waals surface area contributed by atoms with Crippen LogP contribution in [0, 0.1) is 0 Å². The lowest BCUT2D eigenvalue weighted by Crippen LogP contribution is -2.29. The summed E-state index contributed by atoms with van der Waals surface area (Å²) >= 11 is 13.5. The highest BCUT2D eigenvalue weighted by molar-refractivity contribution is 8.18. The zero-order chi connectivity index (χ0) is 21.0. The van der Waals surface area contributed by atoms with Crippen LogP contribution in [0.15, 0.2) is 46.3 Å². The van der Waals surface area contributed by atoms with Crippen molar-refractivity contribution in [2.75, 3.05) is 20.8 Å². The van der Waals surface area contributed by atoms with E-state index in [4.69, 9.17) is 32.7 Å². The molecule has 152 valence electrons. The molecule has 2 aromatic carbocycles. The van der Waals surface area contributed by atoms with Gasteiger partial charge in [0.05, 0.1) is 29.8 Å². The number of ether oxygens (including phenoxy) is 2. The van der Waals surface area contributed by atoms with Crippen LogP contribution in [0.2, 0.25) is 10.0 Å². The van der Waals surface area contributed by atoms with E-state index in [-0.39, 0.29) is 5.91 Å². The standard InChI is InChI=1S/C21H20Cl2N2O3S/c1-4-9-25-20(26)19(29-21(25)24-15-7-5-14(22)6-8-15)11-13-10-16(23)18(28-3)12-17(13)27-2/h5-8,10-12H,4,9H2,1-3H3/b19-11-,24-21?. The van der Waals surface area contributed by atoms with Gasteiger partial charge in [0.15, 0.2) is 5.17 Å². The minimum Gasteiger partial charge on any atom is -0.496 e. The smallest absolute Gasteiger partial charge is 0.266 e. The van der Waals surface area contributed by atoms with Crippen molar-refractivity contribution < 1.29 is 14.3 Å². The number of thioether (sulfide) groups is 1. The molecule has 0 bridgehead atoms. The maximum Gasteiger partial charge on any atom is 0.266 e. The van der Waals surface area contributed by atoms with E-state index in [2.05, 4.69) is 4.99 Å². The molecular weight excluding hydrogens is 431 g/mol. The summed E-state index contributed by atoms with van der Waals surface area (Å²) in [5, 5.41) is 1.71. The number of amides is 1. The highest BCUT2D eigenvalue weighted by Gasteiger charge is 2.33. The molecule has 1 aliphatic rings. The number of benzene rings is 2. The maximum absolute atomic E-state index is 13.0. The van der Waals surface area contributed by atoms with E-state index in [1.54, 1.807) is 42.4 Å². The van der Waals surface area contributed by atoms with Gasteiger partial charge in [-0.3, -0.25) is 9.69 Å². The first-order chi connectivity index (χ1) is 14.0. The molecule has 0 unspecified atom stereocenters. The summed E-state index contributed by atoms with van der Waals surface area (Å²) in [5.74, 6) is 0.976. The topological polar surface area (TPSA) is 51.1 Å². The molecule has 5 nitrogen and oxygen atoms in total. The van der Waals surface area contributed by atoms with Crippen LogP contribution in [0.25, 0.3) is 6.08 Å². The van der Waals surface area contributed by atoms with Crippen LogP contribution >= 0.6 is 35.0 Å². The molecule has 0 spiro atoms. The van der Waals surface area contributed by atoms with Crippen molar-refractivity contribution in [2.45, 2.75) is 13.3 Å². The number of hydrogen-bond donors (Lipinski definition) is 0. The Morgan fingerprint density at radius 1 is 1.10 bits per heavy atom. The van der Waals surface area contributed by atoms with Crippen LogP contribution < -0.4 is 9.47 Å². The van der Waals surface area contributed by atoms with Crippen LogP contribution in [0.5, 0.6) is 11.5 Å². The molecule has 0 aromatic heterocycles. The van der Waals surface area contributed by atoms with Crippen molar-refractivity contribution in [3.8, 4) is 11.5 Å². The van der Waals surface area contributed by atoms with Gasteiger partial charge in [-0.2, -0.15) is 0 Å². The largest absolute Gasteiger partial charge is 0.496 e. The molecule has 1 fully saturated rings. The summed E-state index contributed by atoms with van der Waals surface area (Å²) < 4.78 is 10.7. The fourth-order valence-electron chi connectivity index (χ4n) is 2.78. The van der Waals surface area contributed by atoms with E-state index >= 15 is 0 Å². The number of hydrogen-bond acceptors (Lipinski definition) is 5. The SMILES string of the molecule is CCCN1C(=O)/C(=C/c2cc(Cl)c(OC)cc2OC)SC1=Nc1ccc(Cl)cc1. The molecule has 0 saturated carbocycles. The normalized spacial score (nSPS) is 16.7. The quantitative estimate of drug-likeness (QED) is 0.504. The molecule has 1 saturated heterocycles. The fourth-order valence-corrected chi connectivity index (χ4v) is 4.17. The highest BCUT2D eigenvalue weighted by atomic mass is 35.5. The molecule has 0 radical (unpaired) electrons. The summed E-state index contributed by atoms with van der Waals surface area (Å²) in [7, 11) is 3.10. The number of amidine groups is 1. The number of aliphatic imine (C=N–C) groups is 1. The lowest BCUT2D eigenvalue weighted by Gasteiger charge is -2.14. The van der Waals surface area contributed by atoms with Gasteiger partial charge in [0, 0.05) is 23.2 Å². The molecule has 3 rings (SSSR count). The maximum atomic E-state index is 13.0. The number of carbonyl (C=O) groups excluding carboxylic acids is 1. The summed E-state index contributed by atoms with van der Waals surface area (Å²) in [4.78, 5) is 19.9. The van der Waals surface area contributed by atoms with Crippen molar-refractivity contribution in [1.82, 2.24) is 4.90 Å². The Labute approximate surface area is 184 Å². The average molecular weight is 451 g/mol. The van der Waals surface area contributed by atoms with Gasteiger partial charge in [0.25, 0.3) is 5.91 Å². The molecule has 1 aliphatic heterocycles. The Balaban J connectivity index is 1.99. The number of nitrogens with zero attached hydrogens (tertiary/aromatic N) is 2. The Kier molecular flexibility index (Phi) is 7.11.